The molecule has 104 valence electrons. The number of hydrogen-bond donors (Lipinski definition) is 3. The molecule has 0 heterocycles. The van der Waals surface area contributed by atoms with Crippen LogP contribution in [0.4, 0.5) is 24.5 Å². The van der Waals surface area contributed by atoms with Crippen molar-refractivity contribution >= 4 is 45.5 Å². The first-order valence-electron chi connectivity index (χ1n) is 5.51. The second-order valence-electron chi connectivity index (χ2n) is 4.43. The van der Waals surface area contributed by atoms with Crippen molar-refractivity contribution in [1.82, 2.24) is 0 Å². The number of rotatable bonds is 4. The van der Waals surface area contributed by atoms with Crippen molar-refractivity contribution in [2.45, 2.75) is 12.6 Å². The van der Waals surface area contributed by atoms with Crippen LogP contribution in [0, 0.1) is 17.2 Å². The summed E-state index contributed by atoms with van der Waals surface area (Å²) < 4.78 is 37.7. The number of nitrogens with one attached hydrogen (secondary N) is 2. The summed E-state index contributed by atoms with van der Waals surface area (Å²) in [6.07, 6.45) is -3.83. The Balaban J connectivity index is 2.23. The Kier molecular flexibility index (Phi) is 4.25. The van der Waals surface area contributed by atoms with Crippen LogP contribution in [0.3, 0.4) is 0 Å². The highest BCUT2D eigenvalue weighted by Crippen LogP contribution is 2.52. The van der Waals surface area contributed by atoms with Crippen LogP contribution in [0.15, 0.2) is 18.2 Å². The maximum Gasteiger partial charge on any atom is 0.392 e. The molecular formula is C11H12F3IN3P. The van der Waals surface area contributed by atoms with Crippen molar-refractivity contribution in [3.8, 4) is 0 Å². The smallest absolute Gasteiger partial charge is 0.392 e. The van der Waals surface area contributed by atoms with Crippen LogP contribution in [-0.2, 0) is 0 Å². The van der Waals surface area contributed by atoms with Crippen molar-refractivity contribution < 1.29 is 13.2 Å². The topological polar surface area (TPSA) is 61.9 Å². The number of nitrogen functional groups attached to an aromatic ring is 1. The van der Waals surface area contributed by atoms with E-state index in [0.29, 0.717) is 23.3 Å². The largest absolute Gasteiger partial charge is 0.399 e. The summed E-state index contributed by atoms with van der Waals surface area (Å²) in [5.41, 5.74) is 7.27. The van der Waals surface area contributed by atoms with Crippen LogP contribution >= 0.6 is 28.4 Å². The van der Waals surface area contributed by atoms with Gasteiger partial charge in [0.2, 0.25) is 0 Å². The van der Waals surface area contributed by atoms with Crippen molar-refractivity contribution in [3.05, 3.63) is 23.8 Å². The molecule has 0 saturated heterocycles. The first-order valence-corrected chi connectivity index (χ1v) is 9.62. The Morgan fingerprint density at radius 1 is 1.47 bits per heavy atom. The van der Waals surface area contributed by atoms with Crippen LogP contribution in [0.2, 0.25) is 0 Å². The highest BCUT2D eigenvalue weighted by molar-refractivity contribution is 14.2. The average Bonchev–Trinajstić information content (AvgIpc) is 3.10. The summed E-state index contributed by atoms with van der Waals surface area (Å²) in [7, 11) is 0. The van der Waals surface area contributed by atoms with E-state index in [1.165, 1.54) is 0 Å². The summed E-state index contributed by atoms with van der Waals surface area (Å²) in [5.74, 6) is -2.11. The molecule has 0 aromatic heterocycles. The molecule has 1 aliphatic carbocycles. The molecule has 1 fully saturated rings. The van der Waals surface area contributed by atoms with Crippen molar-refractivity contribution in [2.24, 2.45) is 11.8 Å². The van der Waals surface area contributed by atoms with E-state index in [-0.39, 0.29) is 12.1 Å². The second kappa shape index (κ2) is 5.44. The molecule has 19 heavy (non-hydrogen) atoms. The quantitative estimate of drug-likeness (QED) is 0.307. The zero-order chi connectivity index (χ0) is 14.2. The van der Waals surface area contributed by atoms with E-state index in [1.54, 1.807) is 18.2 Å². The van der Waals surface area contributed by atoms with Crippen LogP contribution in [0.5, 0.6) is 0 Å². The third kappa shape index (κ3) is 3.31. The molecule has 3 nitrogen and oxygen atoms in total. The number of halogens is 4. The summed E-state index contributed by atoms with van der Waals surface area (Å²) >= 11 is 2.12. The molecule has 8 heteroatoms. The van der Waals surface area contributed by atoms with E-state index in [4.69, 9.17) is 11.1 Å². The predicted molar refractivity (Wildman–Crippen MR) is 81.3 cm³/mol. The Morgan fingerprint density at radius 3 is 2.68 bits per heavy atom. The SMILES string of the molecule is N=C(c1cc(N)ccc1NPI)C1CC1C(F)(F)F. The number of hydrogen-bond acceptors (Lipinski definition) is 3. The van der Waals surface area contributed by atoms with Gasteiger partial charge in [-0.15, -0.1) is 0 Å². The van der Waals surface area contributed by atoms with Crippen LogP contribution in [0.1, 0.15) is 12.0 Å². The zero-order valence-corrected chi connectivity index (χ0v) is 12.8. The lowest BCUT2D eigenvalue weighted by Crippen LogP contribution is -2.16. The third-order valence-corrected chi connectivity index (χ3v) is 4.27. The van der Waals surface area contributed by atoms with Crippen LogP contribution < -0.4 is 10.8 Å². The van der Waals surface area contributed by atoms with Gasteiger partial charge in [-0.1, -0.05) is 0 Å². The minimum absolute atomic E-state index is 0.00307. The Bertz CT molecular complexity index is 506. The van der Waals surface area contributed by atoms with E-state index in [1.807, 2.05) is 0 Å². The molecule has 1 aliphatic rings. The maximum atomic E-state index is 12.6. The average molecular weight is 401 g/mol. The minimum Gasteiger partial charge on any atom is -0.399 e. The van der Waals surface area contributed by atoms with Gasteiger partial charge in [0, 0.05) is 34.9 Å². The van der Waals surface area contributed by atoms with Crippen LogP contribution in [0.25, 0.3) is 0 Å². The normalized spacial score (nSPS) is 22.7. The van der Waals surface area contributed by atoms with E-state index < -0.39 is 18.0 Å². The first kappa shape index (κ1) is 14.8. The Morgan fingerprint density at radius 2 is 2.16 bits per heavy atom. The summed E-state index contributed by atoms with van der Waals surface area (Å²) in [6.45, 7) is 0. The number of benzene rings is 1. The standard InChI is InChI=1S/C11H12F3IN3P/c12-11(13,14)8-4-6(8)10(17)7-3-5(16)1-2-9(7)18-19-15/h1-3,6,8,17-19H,4,16H2. The van der Waals surface area contributed by atoms with Crippen molar-refractivity contribution in [3.63, 3.8) is 0 Å². The fraction of sp³-hybridized carbons (Fsp3) is 0.364. The Labute approximate surface area is 123 Å². The van der Waals surface area contributed by atoms with Gasteiger partial charge in [-0.25, -0.2) is 0 Å². The molecule has 3 atom stereocenters. The van der Waals surface area contributed by atoms with Gasteiger partial charge in [0.15, 0.2) is 0 Å². The summed E-state index contributed by atoms with van der Waals surface area (Å²) in [5, 5.41) is 11.0. The summed E-state index contributed by atoms with van der Waals surface area (Å²) in [4.78, 5) is 0. The van der Waals surface area contributed by atoms with Gasteiger partial charge in [0.1, 0.15) is 0 Å². The molecule has 1 saturated carbocycles. The molecule has 0 amide bonds. The molecule has 0 radical (unpaired) electrons. The molecule has 4 N–H and O–H groups in total. The number of alkyl halides is 3. The van der Waals surface area contributed by atoms with Gasteiger partial charge in [0.05, 0.1) is 5.92 Å². The second-order valence-corrected chi connectivity index (χ2v) is 6.49. The lowest BCUT2D eigenvalue weighted by atomic mass is 10.0. The maximum absolute atomic E-state index is 12.6. The van der Waals surface area contributed by atoms with Gasteiger partial charge in [0.25, 0.3) is 0 Å². The fourth-order valence-corrected chi connectivity index (χ4v) is 3.21. The van der Waals surface area contributed by atoms with E-state index in [0.717, 1.165) is 0 Å². The molecule has 0 bridgehead atoms. The molecule has 1 aromatic rings. The van der Waals surface area contributed by atoms with Gasteiger partial charge >= 0.3 is 6.18 Å². The van der Waals surface area contributed by atoms with Gasteiger partial charge in [-0.2, -0.15) is 13.2 Å². The van der Waals surface area contributed by atoms with Gasteiger partial charge in [-0.05, 0) is 46.7 Å². The highest BCUT2D eigenvalue weighted by atomic mass is 127. The van der Waals surface area contributed by atoms with Gasteiger partial charge in [-0.3, -0.25) is 0 Å². The first-order chi connectivity index (χ1) is 8.84. The van der Waals surface area contributed by atoms with Crippen molar-refractivity contribution in [1.29, 1.82) is 5.41 Å². The molecule has 3 unspecified atom stereocenters. The molecule has 0 aliphatic heterocycles. The number of anilines is 2. The van der Waals surface area contributed by atoms with Crippen molar-refractivity contribution in [2.75, 3.05) is 10.8 Å². The number of nitrogens with two attached hydrogens (primary N) is 1. The molecular weight excluding hydrogens is 389 g/mol. The lowest BCUT2D eigenvalue weighted by Gasteiger charge is -2.13. The van der Waals surface area contributed by atoms with Gasteiger partial charge < -0.3 is 16.2 Å². The van der Waals surface area contributed by atoms with E-state index in [2.05, 4.69) is 27.1 Å². The zero-order valence-electron chi connectivity index (χ0n) is 9.68. The molecule has 1 aromatic carbocycles. The predicted octanol–water partition coefficient (Wildman–Crippen LogP) is 4.19. The monoisotopic (exact) mass is 401 g/mol. The molecule has 2 rings (SSSR count). The molecule has 0 spiro atoms. The Hall–Kier alpha value is -0.560. The highest BCUT2D eigenvalue weighted by Gasteiger charge is 2.57. The van der Waals surface area contributed by atoms with E-state index >= 15 is 0 Å². The lowest BCUT2D eigenvalue weighted by molar-refractivity contribution is -0.149. The summed E-state index contributed by atoms with van der Waals surface area (Å²) in [6, 6.07) is 4.94. The van der Waals surface area contributed by atoms with Crippen LogP contribution in [-0.4, -0.2) is 11.9 Å². The van der Waals surface area contributed by atoms with E-state index in [9.17, 15) is 13.2 Å². The third-order valence-electron chi connectivity index (χ3n) is 3.10. The minimum atomic E-state index is -4.21. The fourth-order valence-electron chi connectivity index (χ4n) is 2.02.